The second kappa shape index (κ2) is 8.62. The van der Waals surface area contributed by atoms with Gasteiger partial charge in [0.1, 0.15) is 11.3 Å². The predicted molar refractivity (Wildman–Crippen MR) is 115 cm³/mol. The van der Waals surface area contributed by atoms with Crippen molar-refractivity contribution in [1.29, 1.82) is 5.26 Å². The maximum atomic E-state index is 13.1. The van der Waals surface area contributed by atoms with Crippen molar-refractivity contribution in [2.24, 2.45) is 0 Å². The van der Waals surface area contributed by atoms with E-state index in [9.17, 15) is 14.9 Å². The summed E-state index contributed by atoms with van der Waals surface area (Å²) < 4.78 is 11.1. The zero-order valence-corrected chi connectivity index (χ0v) is 17.4. The molecule has 0 saturated carbocycles. The van der Waals surface area contributed by atoms with E-state index in [0.29, 0.717) is 41.9 Å². The van der Waals surface area contributed by atoms with Crippen molar-refractivity contribution in [2.75, 3.05) is 26.7 Å². The molecule has 0 N–H and O–H groups in total. The summed E-state index contributed by atoms with van der Waals surface area (Å²) in [6.07, 6.45) is 0. The van der Waals surface area contributed by atoms with Crippen LogP contribution in [-0.2, 0) is 0 Å². The van der Waals surface area contributed by atoms with Crippen molar-refractivity contribution < 1.29 is 18.7 Å². The monoisotopic (exact) mass is 417 g/mol. The number of ketones is 1. The first kappa shape index (κ1) is 20.6. The molecule has 0 spiro atoms. The standard InChI is InChI=1S/C24H23N3O4/c1-16-15-26(24(29)17-7-4-3-5-8-17)11-12-27(16)19(14-25)23(28)22-13-18-20(30-2)9-6-10-21(18)31-22/h3-10,13,16,19H,11-12,15H2,1-2H3/t16-,19?/m1/s1. The molecule has 7 heteroatoms. The lowest BCUT2D eigenvalue weighted by molar-refractivity contribution is 0.0422. The number of nitriles is 1. The van der Waals surface area contributed by atoms with Gasteiger partial charge in [-0.15, -0.1) is 0 Å². The fraction of sp³-hybridized carbons (Fsp3) is 0.292. The molecular weight excluding hydrogens is 394 g/mol. The van der Waals surface area contributed by atoms with E-state index in [2.05, 4.69) is 6.07 Å². The topological polar surface area (TPSA) is 86.8 Å². The van der Waals surface area contributed by atoms with E-state index in [0.717, 1.165) is 0 Å². The first-order valence-corrected chi connectivity index (χ1v) is 10.1. The highest BCUT2D eigenvalue weighted by molar-refractivity contribution is 6.03. The maximum Gasteiger partial charge on any atom is 0.253 e. The van der Waals surface area contributed by atoms with Gasteiger partial charge < -0.3 is 14.1 Å². The number of hydrogen-bond acceptors (Lipinski definition) is 6. The Balaban J connectivity index is 1.51. The number of hydrogen-bond donors (Lipinski definition) is 0. The summed E-state index contributed by atoms with van der Waals surface area (Å²) >= 11 is 0. The van der Waals surface area contributed by atoms with Crippen LogP contribution in [0.25, 0.3) is 11.0 Å². The Hall–Kier alpha value is -3.63. The highest BCUT2D eigenvalue weighted by Gasteiger charge is 2.36. The third-order valence-corrected chi connectivity index (χ3v) is 5.67. The summed E-state index contributed by atoms with van der Waals surface area (Å²) in [5.41, 5.74) is 1.16. The number of ether oxygens (including phenoxy) is 1. The van der Waals surface area contributed by atoms with Gasteiger partial charge in [0, 0.05) is 31.2 Å². The van der Waals surface area contributed by atoms with E-state index >= 15 is 0 Å². The van der Waals surface area contributed by atoms with Crippen LogP contribution < -0.4 is 4.74 Å². The van der Waals surface area contributed by atoms with Crippen molar-refractivity contribution in [3.8, 4) is 11.8 Å². The molecule has 2 aromatic carbocycles. The molecule has 158 valence electrons. The number of carbonyl (C=O) groups is 2. The molecule has 0 aliphatic carbocycles. The van der Waals surface area contributed by atoms with Gasteiger partial charge in [-0.1, -0.05) is 24.3 Å². The quantitative estimate of drug-likeness (QED) is 0.592. The van der Waals surface area contributed by atoms with Gasteiger partial charge in [0.15, 0.2) is 11.8 Å². The van der Waals surface area contributed by atoms with Crippen LogP contribution >= 0.6 is 0 Å². The van der Waals surface area contributed by atoms with Gasteiger partial charge in [-0.2, -0.15) is 5.26 Å². The Labute approximate surface area is 180 Å². The molecule has 4 rings (SSSR count). The normalized spacial score (nSPS) is 17.8. The second-order valence-corrected chi connectivity index (χ2v) is 7.58. The van der Waals surface area contributed by atoms with Gasteiger partial charge >= 0.3 is 0 Å². The predicted octanol–water partition coefficient (Wildman–Crippen LogP) is 3.36. The van der Waals surface area contributed by atoms with E-state index in [1.54, 1.807) is 48.4 Å². The first-order chi connectivity index (χ1) is 15.0. The van der Waals surface area contributed by atoms with Crippen LogP contribution in [0, 0.1) is 11.3 Å². The molecule has 2 atom stereocenters. The number of amides is 1. The van der Waals surface area contributed by atoms with Crippen molar-refractivity contribution in [2.45, 2.75) is 19.0 Å². The summed E-state index contributed by atoms with van der Waals surface area (Å²) in [4.78, 5) is 29.5. The lowest BCUT2D eigenvalue weighted by atomic mass is 10.0. The lowest BCUT2D eigenvalue weighted by Gasteiger charge is -2.41. The summed E-state index contributed by atoms with van der Waals surface area (Å²) in [5.74, 6) is 0.294. The zero-order valence-electron chi connectivity index (χ0n) is 17.4. The van der Waals surface area contributed by atoms with Crippen LogP contribution in [0.3, 0.4) is 0 Å². The van der Waals surface area contributed by atoms with Gasteiger partial charge in [0.2, 0.25) is 5.78 Å². The number of benzene rings is 2. The summed E-state index contributed by atoms with van der Waals surface area (Å²) in [7, 11) is 1.55. The third kappa shape index (κ3) is 3.90. The van der Waals surface area contributed by atoms with Gasteiger partial charge in [-0.05, 0) is 37.3 Å². The Morgan fingerprint density at radius 3 is 2.61 bits per heavy atom. The number of piperazine rings is 1. The van der Waals surface area contributed by atoms with E-state index < -0.39 is 11.8 Å². The molecule has 7 nitrogen and oxygen atoms in total. The Bertz CT molecular complexity index is 1150. The van der Waals surface area contributed by atoms with E-state index in [4.69, 9.17) is 9.15 Å². The lowest BCUT2D eigenvalue weighted by Crippen LogP contribution is -2.58. The van der Waals surface area contributed by atoms with Gasteiger partial charge in [-0.25, -0.2) is 0 Å². The van der Waals surface area contributed by atoms with E-state index in [1.807, 2.05) is 30.0 Å². The molecule has 1 amide bonds. The van der Waals surface area contributed by atoms with Crippen LogP contribution in [0.1, 0.15) is 27.8 Å². The molecule has 1 unspecified atom stereocenters. The SMILES string of the molecule is COc1cccc2oc(C(=O)C(C#N)N3CCN(C(=O)c4ccccc4)C[C@H]3C)cc12. The van der Waals surface area contributed by atoms with Crippen LogP contribution in [0.2, 0.25) is 0 Å². The zero-order chi connectivity index (χ0) is 22.0. The Morgan fingerprint density at radius 1 is 1.16 bits per heavy atom. The summed E-state index contributed by atoms with van der Waals surface area (Å²) in [6.45, 7) is 3.22. The maximum absolute atomic E-state index is 13.1. The number of Topliss-reactive ketones (excluding diaryl/α,β-unsaturated/α-hetero) is 1. The molecular formula is C24H23N3O4. The number of fused-ring (bicyclic) bond motifs is 1. The van der Waals surface area contributed by atoms with Crippen molar-refractivity contribution in [3.63, 3.8) is 0 Å². The van der Waals surface area contributed by atoms with Gasteiger partial charge in [0.05, 0.1) is 18.6 Å². The second-order valence-electron chi connectivity index (χ2n) is 7.58. The number of furan rings is 1. The van der Waals surface area contributed by atoms with E-state index in [1.165, 1.54) is 0 Å². The highest BCUT2D eigenvalue weighted by Crippen LogP contribution is 2.29. The van der Waals surface area contributed by atoms with Crippen LogP contribution in [0.4, 0.5) is 0 Å². The molecule has 1 aromatic heterocycles. The fourth-order valence-corrected chi connectivity index (χ4v) is 4.05. The average Bonchev–Trinajstić information content (AvgIpc) is 3.25. The third-order valence-electron chi connectivity index (χ3n) is 5.67. The molecule has 0 bridgehead atoms. The molecule has 1 aliphatic rings. The largest absolute Gasteiger partial charge is 0.496 e. The molecule has 3 aromatic rings. The van der Waals surface area contributed by atoms with Crippen LogP contribution in [-0.4, -0.2) is 60.3 Å². The number of carbonyl (C=O) groups excluding carboxylic acids is 2. The van der Waals surface area contributed by atoms with Gasteiger partial charge in [0.25, 0.3) is 5.91 Å². The summed E-state index contributed by atoms with van der Waals surface area (Å²) in [5, 5.41) is 10.5. The summed E-state index contributed by atoms with van der Waals surface area (Å²) in [6, 6.07) is 17.1. The smallest absolute Gasteiger partial charge is 0.253 e. The minimum atomic E-state index is -0.990. The highest BCUT2D eigenvalue weighted by atomic mass is 16.5. The Kier molecular flexibility index (Phi) is 5.74. The minimum absolute atomic E-state index is 0.0451. The number of rotatable bonds is 5. The first-order valence-electron chi connectivity index (χ1n) is 10.1. The number of methoxy groups -OCH3 is 1. The van der Waals surface area contributed by atoms with Crippen LogP contribution in [0.15, 0.2) is 59.0 Å². The van der Waals surface area contributed by atoms with Gasteiger partial charge in [-0.3, -0.25) is 14.5 Å². The molecule has 2 heterocycles. The fourth-order valence-electron chi connectivity index (χ4n) is 4.05. The molecule has 0 radical (unpaired) electrons. The Morgan fingerprint density at radius 2 is 1.94 bits per heavy atom. The van der Waals surface area contributed by atoms with E-state index in [-0.39, 0.29) is 17.7 Å². The number of nitrogens with zero attached hydrogens (tertiary/aromatic N) is 3. The molecule has 31 heavy (non-hydrogen) atoms. The molecule has 1 saturated heterocycles. The van der Waals surface area contributed by atoms with Crippen LogP contribution in [0.5, 0.6) is 5.75 Å². The average molecular weight is 417 g/mol. The minimum Gasteiger partial charge on any atom is -0.496 e. The van der Waals surface area contributed by atoms with Crippen molar-refractivity contribution >= 4 is 22.7 Å². The van der Waals surface area contributed by atoms with Crippen molar-refractivity contribution in [1.82, 2.24) is 9.80 Å². The van der Waals surface area contributed by atoms with Crippen molar-refractivity contribution in [3.05, 3.63) is 65.9 Å². The molecule has 1 aliphatic heterocycles. The molecule has 1 fully saturated rings.